The maximum atomic E-state index is 11.6. The summed E-state index contributed by atoms with van der Waals surface area (Å²) in [6.07, 6.45) is 0. The Hall–Kier alpha value is -10.1. The average Bonchev–Trinajstić information content (AvgIpc) is 0.791. The molecular formula is C80H82N3O15+. The molecule has 0 spiro atoms. The molecule has 0 saturated carbocycles. The maximum absolute atomic E-state index is 11.6. The van der Waals surface area contributed by atoms with Crippen molar-refractivity contribution in [2.75, 3.05) is 119 Å². The summed E-state index contributed by atoms with van der Waals surface area (Å²) in [6.45, 7) is 7.64. The Labute approximate surface area is 573 Å². The second kappa shape index (κ2) is 39.2. The SMILES string of the molecule is CC(c1ccc(OCCOCCOCCOC(C#[N+][O-])(c2ccccc2)c2ccccc2)cc1)(c1ccc(OCCOCCOCCOC(C#[N+][O-])(c2ccccc2)c2ccccc2)cc1)c1ccc(OCCOCCOCCOC(C#[N+]O)(c2ccccc2)c2ccccc2)cc1. The van der Waals surface area contributed by atoms with Gasteiger partial charge in [0.2, 0.25) is 5.01 Å². The molecule has 9 aromatic rings. The fourth-order valence-electron chi connectivity index (χ4n) is 11.3. The van der Waals surface area contributed by atoms with Crippen molar-refractivity contribution >= 4 is 0 Å². The fourth-order valence-corrected chi connectivity index (χ4v) is 11.3. The van der Waals surface area contributed by atoms with E-state index in [2.05, 4.69) is 76.6 Å². The molecule has 0 bridgehead atoms. The molecule has 0 unspecified atom stereocenters. The van der Waals surface area contributed by atoms with Crippen LogP contribution in [0, 0.1) is 28.6 Å². The van der Waals surface area contributed by atoms with E-state index in [-0.39, 0.29) is 39.6 Å². The molecule has 9 aromatic carbocycles. The van der Waals surface area contributed by atoms with Gasteiger partial charge in [0.25, 0.3) is 16.8 Å². The first-order valence-electron chi connectivity index (χ1n) is 32.6. The molecule has 18 nitrogen and oxygen atoms in total. The molecule has 98 heavy (non-hydrogen) atoms. The molecule has 0 saturated heterocycles. The van der Waals surface area contributed by atoms with Crippen LogP contribution in [0.25, 0.3) is 15.0 Å². The number of hydrogen-bond donors (Lipinski definition) is 1. The summed E-state index contributed by atoms with van der Waals surface area (Å²) in [5, 5.41) is 42.2. The zero-order chi connectivity index (χ0) is 68.1. The molecule has 0 aliphatic rings. The van der Waals surface area contributed by atoms with Gasteiger partial charge in [0.15, 0.2) is 0 Å². The average molecular weight is 1330 g/mol. The van der Waals surface area contributed by atoms with E-state index in [1.165, 1.54) is 0 Å². The van der Waals surface area contributed by atoms with E-state index in [1.807, 2.05) is 218 Å². The highest BCUT2D eigenvalue weighted by Gasteiger charge is 2.43. The van der Waals surface area contributed by atoms with Crippen LogP contribution in [-0.2, 0) is 64.8 Å². The summed E-state index contributed by atoms with van der Waals surface area (Å²) >= 11 is 0. The summed E-state index contributed by atoms with van der Waals surface area (Å²) in [5.41, 5.74) is 3.14. The van der Waals surface area contributed by atoms with Gasteiger partial charge in [0.1, 0.15) is 37.1 Å². The summed E-state index contributed by atoms with van der Waals surface area (Å²) in [4.78, 5) is 0. The summed E-state index contributed by atoms with van der Waals surface area (Å²) in [6, 6.07) is 89.0. The molecule has 0 aliphatic heterocycles. The van der Waals surface area contributed by atoms with Gasteiger partial charge in [0, 0.05) is 48.8 Å². The van der Waals surface area contributed by atoms with Crippen LogP contribution < -0.4 is 14.2 Å². The number of ether oxygens (including phenoxy) is 12. The quantitative estimate of drug-likeness (QED) is 0.0216. The van der Waals surface area contributed by atoms with E-state index >= 15 is 0 Å². The molecule has 1 N–H and O–H groups in total. The molecule has 0 aliphatic carbocycles. The number of benzene rings is 9. The largest absolute Gasteiger partial charge is 0.498 e. The molecule has 506 valence electrons. The van der Waals surface area contributed by atoms with Crippen molar-refractivity contribution in [2.45, 2.75) is 29.1 Å². The van der Waals surface area contributed by atoms with Crippen LogP contribution >= 0.6 is 0 Å². The normalized spacial score (nSPS) is 11.5. The topological polar surface area (TPSA) is 190 Å². The Bertz CT molecular complexity index is 3380. The monoisotopic (exact) mass is 1320 g/mol. The van der Waals surface area contributed by atoms with E-state index in [0.717, 1.165) is 50.1 Å². The Balaban J connectivity index is 0.734. The molecule has 0 radical (unpaired) electrons. The third kappa shape index (κ3) is 20.0. The first-order valence-corrected chi connectivity index (χ1v) is 32.6. The van der Waals surface area contributed by atoms with Crippen molar-refractivity contribution in [3.63, 3.8) is 0 Å². The smallest absolute Gasteiger partial charge is 0.395 e. The molecule has 9 rings (SSSR count). The third-order valence-corrected chi connectivity index (χ3v) is 16.2. The first-order chi connectivity index (χ1) is 48.4. The zero-order valence-corrected chi connectivity index (χ0v) is 55.0. The minimum atomic E-state index is -1.28. The van der Waals surface area contributed by atoms with E-state index in [9.17, 15) is 15.6 Å². The van der Waals surface area contributed by atoms with E-state index in [4.69, 9.17) is 56.8 Å². The standard InChI is InChI=1S/C80H81N3O15/c1-77(65-32-38-74(39-33-65)93-56-50-87-44-47-90-53-59-96-78(62-81-84,68-20-8-2-9-21-68)69-22-10-3-11-23-69,66-34-40-75(41-35-66)94-57-51-88-45-48-91-54-60-97-79(63-82-85,70-24-12-4-13-25-70)71-26-14-5-15-27-71)67-36-42-76(43-37-67)95-58-52-89-46-49-92-55-61-98-80(64-83-86,72-28-16-6-17-29-72)73-30-18-7-19-31-73/h2-43H,44-61H2,1H3/p+1. The highest BCUT2D eigenvalue weighted by atomic mass is 16.6. The number of rotatable bonds is 42. The van der Waals surface area contributed by atoms with Crippen molar-refractivity contribution < 1.29 is 62.0 Å². The molecule has 0 aromatic heterocycles. The van der Waals surface area contributed by atoms with Gasteiger partial charge in [-0.3, -0.25) is 0 Å². The highest BCUT2D eigenvalue weighted by molar-refractivity contribution is 5.53. The minimum absolute atomic E-state index is 0.181. The van der Waals surface area contributed by atoms with Crippen LogP contribution in [-0.4, -0.2) is 124 Å². The Morgan fingerprint density at radius 2 is 0.469 bits per heavy atom. The Morgan fingerprint density at radius 1 is 0.265 bits per heavy atom. The molecule has 18 heteroatoms. The van der Waals surface area contributed by atoms with E-state index in [0.29, 0.717) is 96.5 Å². The lowest BCUT2D eigenvalue weighted by Crippen LogP contribution is -2.31. The van der Waals surface area contributed by atoms with E-state index < -0.39 is 22.2 Å². The maximum Gasteiger partial charge on any atom is 0.395 e. The van der Waals surface area contributed by atoms with Gasteiger partial charge in [-0.2, -0.15) is 5.21 Å². The Morgan fingerprint density at radius 3 is 0.684 bits per heavy atom. The van der Waals surface area contributed by atoms with Crippen molar-refractivity contribution in [1.29, 1.82) is 0 Å². The summed E-state index contributed by atoms with van der Waals surface area (Å²) in [5.74, 6) is 2.08. The third-order valence-electron chi connectivity index (χ3n) is 16.2. The zero-order valence-electron chi connectivity index (χ0n) is 55.0. The lowest BCUT2D eigenvalue weighted by molar-refractivity contribution is -0.0277. The van der Waals surface area contributed by atoms with Crippen LogP contribution in [0.3, 0.4) is 0 Å². The van der Waals surface area contributed by atoms with Crippen LogP contribution in [0.15, 0.2) is 255 Å². The fraction of sp³-hybridized carbons (Fsp3) is 0.287. The molecular weight excluding hydrogens is 1240 g/mol. The predicted octanol–water partition coefficient (Wildman–Crippen LogP) is 14.5. The van der Waals surface area contributed by atoms with Gasteiger partial charge >= 0.3 is 18.2 Å². The van der Waals surface area contributed by atoms with E-state index in [1.54, 1.807) is 0 Å². The van der Waals surface area contributed by atoms with Gasteiger partial charge < -0.3 is 67.3 Å². The molecule has 0 amide bonds. The minimum Gasteiger partial charge on any atom is -0.498 e. The van der Waals surface area contributed by atoms with Gasteiger partial charge in [-0.15, -0.1) is 0 Å². The number of nitrogens with zero attached hydrogens (tertiary/aromatic N) is 3. The molecule has 0 fully saturated rings. The second-order valence-corrected chi connectivity index (χ2v) is 22.3. The first kappa shape index (κ1) is 72.2. The Kier molecular flexibility index (Phi) is 28.9. The van der Waals surface area contributed by atoms with Crippen molar-refractivity contribution in [1.82, 2.24) is 0 Å². The molecule has 0 heterocycles. The van der Waals surface area contributed by atoms with Crippen LogP contribution in [0.5, 0.6) is 17.2 Å². The van der Waals surface area contributed by atoms with Crippen LogP contribution in [0.4, 0.5) is 0 Å². The van der Waals surface area contributed by atoms with Gasteiger partial charge in [-0.1, -0.05) is 218 Å². The van der Waals surface area contributed by atoms with Crippen LogP contribution in [0.2, 0.25) is 0 Å². The van der Waals surface area contributed by atoms with Gasteiger partial charge in [0.05, 0.1) is 99.1 Å². The van der Waals surface area contributed by atoms with Crippen LogP contribution in [0.1, 0.15) is 57.0 Å². The van der Waals surface area contributed by atoms with Crippen molar-refractivity contribution in [2.24, 2.45) is 0 Å². The summed E-state index contributed by atoms with van der Waals surface area (Å²) in [7, 11) is 0. The lowest BCUT2D eigenvalue weighted by atomic mass is 9.71. The van der Waals surface area contributed by atoms with Crippen molar-refractivity contribution in [3.05, 3.63) is 330 Å². The van der Waals surface area contributed by atoms with Gasteiger partial charge in [-0.05, 0) is 60.0 Å². The number of hydrogen-bond acceptors (Lipinski definition) is 15. The highest BCUT2D eigenvalue weighted by Crippen LogP contribution is 2.42. The lowest BCUT2D eigenvalue weighted by Gasteiger charge is -2.32. The molecule has 0 atom stereocenters. The van der Waals surface area contributed by atoms with Crippen molar-refractivity contribution in [3.8, 4) is 35.5 Å². The van der Waals surface area contributed by atoms with Gasteiger partial charge in [-0.25, -0.2) is 0 Å². The predicted molar refractivity (Wildman–Crippen MR) is 375 cm³/mol. The second-order valence-electron chi connectivity index (χ2n) is 22.3. The summed E-state index contributed by atoms with van der Waals surface area (Å²) < 4.78 is 72.5.